The van der Waals surface area contributed by atoms with Crippen LogP contribution >= 0.6 is 0 Å². The van der Waals surface area contributed by atoms with Gasteiger partial charge >= 0.3 is 12.4 Å². The number of benzene rings is 2. The lowest BCUT2D eigenvalue weighted by molar-refractivity contribution is -0.143. The molecule has 3 rings (SSSR count). The van der Waals surface area contributed by atoms with Crippen molar-refractivity contribution in [1.82, 2.24) is 9.88 Å². The van der Waals surface area contributed by atoms with E-state index < -0.39 is 35.0 Å². The van der Waals surface area contributed by atoms with Gasteiger partial charge in [-0.1, -0.05) is 18.2 Å². The SMILES string of the molecule is Cc1cc2ccccc2n1CCNC(=O)c1cc(C(F)(F)F)cc(C(F)(F)F)c1. The number of hydrogen-bond acceptors (Lipinski definition) is 1. The summed E-state index contributed by atoms with van der Waals surface area (Å²) in [5.74, 6) is -1.00. The quantitative estimate of drug-likeness (QED) is 0.569. The van der Waals surface area contributed by atoms with Crippen molar-refractivity contribution in [3.05, 3.63) is 70.9 Å². The Kier molecular flexibility index (Phi) is 5.34. The van der Waals surface area contributed by atoms with Gasteiger partial charge in [-0.3, -0.25) is 4.79 Å². The average molecular weight is 414 g/mol. The Morgan fingerprint density at radius 3 is 2.10 bits per heavy atom. The number of halogens is 6. The number of amides is 1. The number of fused-ring (bicyclic) bond motifs is 1. The minimum absolute atomic E-state index is 0.00784. The molecule has 1 N–H and O–H groups in total. The molecule has 154 valence electrons. The summed E-state index contributed by atoms with van der Waals surface area (Å²) in [6.45, 7) is 2.22. The van der Waals surface area contributed by atoms with Gasteiger partial charge in [0.1, 0.15) is 0 Å². The van der Waals surface area contributed by atoms with Crippen molar-refractivity contribution in [2.24, 2.45) is 0 Å². The minimum atomic E-state index is -5.00. The molecular formula is C20H16F6N2O. The van der Waals surface area contributed by atoms with Gasteiger partial charge in [-0.05, 0) is 42.6 Å². The molecule has 3 aromatic rings. The number of nitrogens with zero attached hydrogens (tertiary/aromatic N) is 1. The van der Waals surface area contributed by atoms with E-state index in [0.29, 0.717) is 18.7 Å². The molecule has 0 fully saturated rings. The number of aryl methyl sites for hydroxylation is 1. The summed E-state index contributed by atoms with van der Waals surface area (Å²) in [7, 11) is 0. The molecule has 0 spiro atoms. The Bertz CT molecular complexity index is 1020. The van der Waals surface area contributed by atoms with Gasteiger partial charge in [0.15, 0.2) is 0 Å². The highest BCUT2D eigenvalue weighted by atomic mass is 19.4. The van der Waals surface area contributed by atoms with Crippen LogP contribution in [0.5, 0.6) is 0 Å². The number of carbonyl (C=O) groups excluding carboxylic acids is 1. The predicted molar refractivity (Wildman–Crippen MR) is 95.5 cm³/mol. The van der Waals surface area contributed by atoms with Crippen LogP contribution in [0.3, 0.4) is 0 Å². The molecule has 29 heavy (non-hydrogen) atoms. The normalized spacial score (nSPS) is 12.4. The van der Waals surface area contributed by atoms with E-state index >= 15 is 0 Å². The maximum atomic E-state index is 12.9. The van der Waals surface area contributed by atoms with E-state index in [2.05, 4.69) is 5.32 Å². The predicted octanol–water partition coefficient (Wildman–Crippen LogP) is 5.42. The molecule has 0 radical (unpaired) electrons. The molecule has 0 saturated carbocycles. The number of rotatable bonds is 4. The molecule has 2 aromatic carbocycles. The summed E-state index contributed by atoms with van der Waals surface area (Å²) < 4.78 is 79.5. The molecule has 0 aliphatic carbocycles. The monoisotopic (exact) mass is 414 g/mol. The van der Waals surface area contributed by atoms with Crippen molar-refractivity contribution < 1.29 is 31.1 Å². The maximum Gasteiger partial charge on any atom is 0.416 e. The van der Waals surface area contributed by atoms with Crippen LogP contribution in [-0.2, 0) is 18.9 Å². The number of aromatic nitrogens is 1. The molecule has 1 heterocycles. The van der Waals surface area contributed by atoms with Crippen LogP contribution in [0.25, 0.3) is 10.9 Å². The molecule has 0 unspecified atom stereocenters. The van der Waals surface area contributed by atoms with Crippen LogP contribution in [0, 0.1) is 6.92 Å². The largest absolute Gasteiger partial charge is 0.416 e. The molecule has 1 amide bonds. The van der Waals surface area contributed by atoms with Crippen molar-refractivity contribution in [3.63, 3.8) is 0 Å². The first-order valence-electron chi connectivity index (χ1n) is 8.59. The van der Waals surface area contributed by atoms with Gasteiger partial charge in [-0.2, -0.15) is 26.3 Å². The van der Waals surface area contributed by atoms with Gasteiger partial charge in [0.25, 0.3) is 5.91 Å². The van der Waals surface area contributed by atoms with Crippen LogP contribution < -0.4 is 5.32 Å². The Morgan fingerprint density at radius 1 is 0.931 bits per heavy atom. The van der Waals surface area contributed by atoms with Gasteiger partial charge in [0, 0.05) is 29.9 Å². The Labute approximate surface area is 161 Å². The zero-order valence-electron chi connectivity index (χ0n) is 15.2. The summed E-state index contributed by atoms with van der Waals surface area (Å²) in [5, 5.41) is 3.38. The number of nitrogens with one attached hydrogen (secondary N) is 1. The van der Waals surface area contributed by atoms with Gasteiger partial charge in [-0.25, -0.2) is 0 Å². The molecule has 0 aliphatic rings. The molecule has 0 aliphatic heterocycles. The summed E-state index contributed by atoms with van der Waals surface area (Å²) in [5.41, 5.74) is -1.91. The van der Waals surface area contributed by atoms with Crippen molar-refractivity contribution in [1.29, 1.82) is 0 Å². The highest BCUT2D eigenvalue weighted by Gasteiger charge is 2.37. The minimum Gasteiger partial charge on any atom is -0.350 e. The summed E-state index contributed by atoms with van der Waals surface area (Å²) >= 11 is 0. The zero-order chi connectivity index (χ0) is 21.4. The van der Waals surface area contributed by atoms with Gasteiger partial charge < -0.3 is 9.88 Å². The number of carbonyl (C=O) groups is 1. The Morgan fingerprint density at radius 2 is 1.52 bits per heavy atom. The molecule has 0 atom stereocenters. The standard InChI is InChI=1S/C20H16F6N2O/c1-12-8-13-4-2-3-5-17(13)28(12)7-6-27-18(29)14-9-15(19(21,22)23)11-16(10-14)20(24,25)26/h2-5,8-11H,6-7H2,1H3,(H,27,29). The second kappa shape index (κ2) is 7.46. The van der Waals surface area contributed by atoms with Crippen LogP contribution in [0.15, 0.2) is 48.5 Å². The van der Waals surface area contributed by atoms with Gasteiger partial charge in [-0.15, -0.1) is 0 Å². The van der Waals surface area contributed by atoms with Crippen molar-refractivity contribution >= 4 is 16.8 Å². The third kappa shape index (κ3) is 4.55. The van der Waals surface area contributed by atoms with E-state index in [4.69, 9.17) is 0 Å². The number of alkyl halides is 6. The second-order valence-electron chi connectivity index (χ2n) is 6.55. The van der Waals surface area contributed by atoms with Gasteiger partial charge in [0.05, 0.1) is 11.1 Å². The Hall–Kier alpha value is -2.97. The molecule has 3 nitrogen and oxygen atoms in total. The zero-order valence-corrected chi connectivity index (χ0v) is 15.2. The Balaban J connectivity index is 1.79. The lowest BCUT2D eigenvalue weighted by Gasteiger charge is -2.14. The van der Waals surface area contributed by atoms with Crippen LogP contribution in [-0.4, -0.2) is 17.0 Å². The van der Waals surface area contributed by atoms with Crippen molar-refractivity contribution in [3.8, 4) is 0 Å². The second-order valence-corrected chi connectivity index (χ2v) is 6.55. The first-order valence-corrected chi connectivity index (χ1v) is 8.59. The van der Waals surface area contributed by atoms with Gasteiger partial charge in [0.2, 0.25) is 0 Å². The first kappa shape index (κ1) is 20.8. The van der Waals surface area contributed by atoms with E-state index in [9.17, 15) is 31.1 Å². The highest BCUT2D eigenvalue weighted by Crippen LogP contribution is 2.36. The molecule has 1 aromatic heterocycles. The fourth-order valence-electron chi connectivity index (χ4n) is 3.11. The van der Waals surface area contributed by atoms with Crippen LogP contribution in [0.4, 0.5) is 26.3 Å². The summed E-state index contributed by atoms with van der Waals surface area (Å²) in [4.78, 5) is 12.2. The van der Waals surface area contributed by atoms with E-state index in [1.807, 2.05) is 41.8 Å². The average Bonchev–Trinajstić information content (AvgIpc) is 2.95. The lowest BCUT2D eigenvalue weighted by atomic mass is 10.0. The van der Waals surface area contributed by atoms with Crippen LogP contribution in [0.2, 0.25) is 0 Å². The highest BCUT2D eigenvalue weighted by molar-refractivity contribution is 5.94. The maximum absolute atomic E-state index is 12.9. The van der Waals surface area contributed by atoms with E-state index in [0.717, 1.165) is 16.6 Å². The molecule has 0 bridgehead atoms. The third-order valence-electron chi connectivity index (χ3n) is 4.49. The molecular weight excluding hydrogens is 398 g/mol. The summed E-state index contributed by atoms with van der Waals surface area (Å²) in [6, 6.07) is 10.3. The lowest BCUT2D eigenvalue weighted by Crippen LogP contribution is -2.28. The number of hydrogen-bond donors (Lipinski definition) is 1. The smallest absolute Gasteiger partial charge is 0.350 e. The van der Waals surface area contributed by atoms with Crippen LogP contribution in [0.1, 0.15) is 27.2 Å². The topological polar surface area (TPSA) is 34.0 Å². The van der Waals surface area contributed by atoms with Crippen molar-refractivity contribution in [2.75, 3.05) is 6.54 Å². The van der Waals surface area contributed by atoms with E-state index in [1.165, 1.54) is 0 Å². The fraction of sp³-hybridized carbons (Fsp3) is 0.250. The number of para-hydroxylation sites is 1. The van der Waals surface area contributed by atoms with E-state index in [-0.39, 0.29) is 12.6 Å². The van der Waals surface area contributed by atoms with E-state index in [1.54, 1.807) is 0 Å². The first-order chi connectivity index (χ1) is 13.5. The third-order valence-corrected chi connectivity index (χ3v) is 4.49. The summed E-state index contributed by atoms with van der Waals surface area (Å²) in [6.07, 6.45) is -10.0. The van der Waals surface area contributed by atoms with Crippen molar-refractivity contribution in [2.45, 2.75) is 25.8 Å². The molecule has 0 saturated heterocycles. The molecule has 9 heteroatoms. The fourth-order valence-corrected chi connectivity index (χ4v) is 3.11.